The van der Waals surface area contributed by atoms with Crippen molar-refractivity contribution in [2.75, 3.05) is 13.1 Å². The predicted molar refractivity (Wildman–Crippen MR) is 79.0 cm³/mol. The molecule has 2 aliphatic rings. The summed E-state index contributed by atoms with van der Waals surface area (Å²) in [6, 6.07) is 0.821. The van der Waals surface area contributed by atoms with Crippen LogP contribution in [0.5, 0.6) is 0 Å². The van der Waals surface area contributed by atoms with E-state index in [1.54, 1.807) is 0 Å². The molecule has 0 bridgehead atoms. The minimum absolute atomic E-state index is 0.264. The van der Waals surface area contributed by atoms with E-state index in [-0.39, 0.29) is 5.54 Å². The Morgan fingerprint density at radius 1 is 0.944 bits per heavy atom. The first-order valence-electron chi connectivity index (χ1n) is 7.93. The van der Waals surface area contributed by atoms with Crippen molar-refractivity contribution < 1.29 is 0 Å². The maximum absolute atomic E-state index is 3.72. The Balaban J connectivity index is 2.13. The van der Waals surface area contributed by atoms with Crippen LogP contribution in [0.15, 0.2) is 0 Å². The normalized spacial score (nSPS) is 30.7. The fraction of sp³-hybridized carbons (Fsp3) is 1.00. The van der Waals surface area contributed by atoms with E-state index in [1.807, 2.05) is 0 Å². The van der Waals surface area contributed by atoms with Crippen LogP contribution in [0, 0.1) is 0 Å². The van der Waals surface area contributed by atoms with Gasteiger partial charge in [0.25, 0.3) is 0 Å². The van der Waals surface area contributed by atoms with Crippen LogP contribution in [0.2, 0.25) is 0 Å². The van der Waals surface area contributed by atoms with E-state index < -0.39 is 0 Å². The van der Waals surface area contributed by atoms with E-state index in [1.165, 1.54) is 51.5 Å². The SMILES string of the molecule is CC1(C)CN(C2CCCCCC2)C(C)(C)CCN1. The quantitative estimate of drug-likeness (QED) is 0.718. The molecule has 0 amide bonds. The van der Waals surface area contributed by atoms with Gasteiger partial charge in [0, 0.05) is 23.7 Å². The van der Waals surface area contributed by atoms with Crippen LogP contribution in [-0.4, -0.2) is 35.1 Å². The second-order valence-corrected chi connectivity index (χ2v) is 7.65. The minimum atomic E-state index is 0.264. The molecule has 1 aliphatic heterocycles. The fourth-order valence-corrected chi connectivity index (χ4v) is 3.74. The molecule has 0 unspecified atom stereocenters. The van der Waals surface area contributed by atoms with Crippen molar-refractivity contribution in [3.8, 4) is 0 Å². The lowest BCUT2D eigenvalue weighted by Crippen LogP contribution is -2.54. The highest BCUT2D eigenvalue weighted by molar-refractivity contribution is 4.96. The van der Waals surface area contributed by atoms with E-state index >= 15 is 0 Å². The molecule has 0 aromatic rings. The minimum Gasteiger partial charge on any atom is -0.310 e. The van der Waals surface area contributed by atoms with Crippen LogP contribution in [0.4, 0.5) is 0 Å². The van der Waals surface area contributed by atoms with Gasteiger partial charge in [-0.05, 0) is 53.5 Å². The molecule has 1 saturated carbocycles. The highest BCUT2D eigenvalue weighted by Gasteiger charge is 2.38. The average Bonchev–Trinajstić information content (AvgIpc) is 2.57. The van der Waals surface area contributed by atoms with E-state index in [9.17, 15) is 0 Å². The largest absolute Gasteiger partial charge is 0.310 e. The van der Waals surface area contributed by atoms with Crippen LogP contribution in [0.3, 0.4) is 0 Å². The average molecular weight is 252 g/mol. The number of nitrogens with one attached hydrogen (secondary N) is 1. The smallest absolute Gasteiger partial charge is 0.0252 e. The van der Waals surface area contributed by atoms with Gasteiger partial charge in [-0.1, -0.05) is 25.7 Å². The molecule has 18 heavy (non-hydrogen) atoms. The van der Waals surface area contributed by atoms with Gasteiger partial charge in [-0.15, -0.1) is 0 Å². The van der Waals surface area contributed by atoms with Crippen LogP contribution < -0.4 is 5.32 Å². The van der Waals surface area contributed by atoms with Gasteiger partial charge in [0.1, 0.15) is 0 Å². The zero-order valence-corrected chi connectivity index (χ0v) is 12.9. The molecule has 1 heterocycles. The summed E-state index contributed by atoms with van der Waals surface area (Å²) in [6.45, 7) is 12.0. The molecule has 0 atom stereocenters. The first kappa shape index (κ1) is 14.3. The number of nitrogens with zero attached hydrogens (tertiary/aromatic N) is 1. The lowest BCUT2D eigenvalue weighted by atomic mass is 9.92. The van der Waals surface area contributed by atoms with Gasteiger partial charge in [-0.25, -0.2) is 0 Å². The molecule has 2 nitrogen and oxygen atoms in total. The van der Waals surface area contributed by atoms with Crippen LogP contribution >= 0.6 is 0 Å². The van der Waals surface area contributed by atoms with Gasteiger partial charge in [0.15, 0.2) is 0 Å². The summed E-state index contributed by atoms with van der Waals surface area (Å²) in [7, 11) is 0. The molecule has 0 spiro atoms. The predicted octanol–water partition coefficient (Wildman–Crippen LogP) is 3.56. The molecular weight excluding hydrogens is 220 g/mol. The van der Waals surface area contributed by atoms with Crippen molar-refractivity contribution >= 4 is 0 Å². The standard InChI is InChI=1S/C16H32N2/c1-15(2)13-18(16(3,4)11-12-17-15)14-9-7-5-6-8-10-14/h14,17H,5-13H2,1-4H3. The monoisotopic (exact) mass is 252 g/mol. The Morgan fingerprint density at radius 2 is 1.56 bits per heavy atom. The highest BCUT2D eigenvalue weighted by Crippen LogP contribution is 2.32. The molecule has 2 rings (SSSR count). The van der Waals surface area contributed by atoms with Crippen molar-refractivity contribution in [3.63, 3.8) is 0 Å². The lowest BCUT2D eigenvalue weighted by Gasteiger charge is -2.45. The van der Waals surface area contributed by atoms with Gasteiger partial charge in [-0.2, -0.15) is 0 Å². The van der Waals surface area contributed by atoms with Crippen molar-refractivity contribution in [2.45, 2.75) is 89.8 Å². The van der Waals surface area contributed by atoms with Crippen LogP contribution in [0.1, 0.15) is 72.6 Å². The molecule has 1 saturated heterocycles. The first-order valence-corrected chi connectivity index (χ1v) is 7.93. The maximum Gasteiger partial charge on any atom is 0.0252 e. The van der Waals surface area contributed by atoms with Crippen LogP contribution in [0.25, 0.3) is 0 Å². The molecule has 0 aromatic carbocycles. The van der Waals surface area contributed by atoms with Crippen molar-refractivity contribution in [2.24, 2.45) is 0 Å². The van der Waals surface area contributed by atoms with Crippen molar-refractivity contribution in [3.05, 3.63) is 0 Å². The Bertz CT molecular complexity index is 262. The third-order valence-corrected chi connectivity index (χ3v) is 4.95. The Labute approximate surface area is 114 Å². The molecule has 0 aromatic heterocycles. The molecule has 106 valence electrons. The number of hydrogen-bond acceptors (Lipinski definition) is 2. The third-order valence-electron chi connectivity index (χ3n) is 4.95. The maximum atomic E-state index is 3.72. The lowest BCUT2D eigenvalue weighted by molar-refractivity contribution is 0.0496. The van der Waals surface area contributed by atoms with Gasteiger partial charge in [0.2, 0.25) is 0 Å². The summed E-state index contributed by atoms with van der Waals surface area (Å²) in [4.78, 5) is 2.83. The number of hydrogen-bond donors (Lipinski definition) is 1. The highest BCUT2D eigenvalue weighted by atomic mass is 15.3. The van der Waals surface area contributed by atoms with Crippen molar-refractivity contribution in [1.29, 1.82) is 0 Å². The van der Waals surface area contributed by atoms with Gasteiger partial charge >= 0.3 is 0 Å². The van der Waals surface area contributed by atoms with E-state index in [0.29, 0.717) is 5.54 Å². The second-order valence-electron chi connectivity index (χ2n) is 7.65. The summed E-state index contributed by atoms with van der Waals surface area (Å²) in [6.07, 6.45) is 9.88. The molecule has 0 radical (unpaired) electrons. The molecule has 1 N–H and O–H groups in total. The first-order chi connectivity index (χ1) is 8.41. The van der Waals surface area contributed by atoms with E-state index in [2.05, 4.69) is 37.9 Å². The fourth-order valence-electron chi connectivity index (χ4n) is 3.74. The Morgan fingerprint density at radius 3 is 2.17 bits per heavy atom. The van der Waals surface area contributed by atoms with E-state index in [0.717, 1.165) is 12.6 Å². The third kappa shape index (κ3) is 3.48. The zero-order chi connectivity index (χ0) is 13.2. The van der Waals surface area contributed by atoms with Crippen molar-refractivity contribution in [1.82, 2.24) is 10.2 Å². The topological polar surface area (TPSA) is 15.3 Å². The Hall–Kier alpha value is -0.0800. The number of rotatable bonds is 1. The zero-order valence-electron chi connectivity index (χ0n) is 12.9. The molecule has 2 heteroatoms. The summed E-state index contributed by atoms with van der Waals surface area (Å²) >= 11 is 0. The summed E-state index contributed by atoms with van der Waals surface area (Å²) in [5.74, 6) is 0. The summed E-state index contributed by atoms with van der Waals surface area (Å²) < 4.78 is 0. The van der Waals surface area contributed by atoms with Gasteiger partial charge in [-0.3, -0.25) is 4.90 Å². The van der Waals surface area contributed by atoms with Gasteiger partial charge in [0.05, 0.1) is 0 Å². The van der Waals surface area contributed by atoms with Gasteiger partial charge < -0.3 is 5.32 Å². The summed E-state index contributed by atoms with van der Waals surface area (Å²) in [5, 5.41) is 3.72. The summed E-state index contributed by atoms with van der Waals surface area (Å²) in [5.41, 5.74) is 0.621. The van der Waals surface area contributed by atoms with Crippen LogP contribution in [-0.2, 0) is 0 Å². The Kier molecular flexibility index (Phi) is 4.38. The second kappa shape index (κ2) is 5.50. The van der Waals surface area contributed by atoms with E-state index in [4.69, 9.17) is 0 Å². The molecular formula is C16H32N2. The molecule has 2 fully saturated rings. The molecule has 1 aliphatic carbocycles.